The largest absolute Gasteiger partial charge is 0.390 e. The Kier molecular flexibility index (Phi) is 6.98. The number of aromatic amines is 1. The number of imidazole rings is 1. The SMILES string of the molecule is OCc1cc([C@H]2O[C@H](c3nc4nc(Cl)nc(NCC(c5ccccc5)c5ccccc5)c4[nH]3)[C@H](O)[C@@H]2O)on1. The van der Waals surface area contributed by atoms with E-state index in [9.17, 15) is 15.3 Å². The van der Waals surface area contributed by atoms with Gasteiger partial charge in [0.05, 0.1) is 6.61 Å². The number of nitrogens with zero attached hydrogens (tertiary/aromatic N) is 4. The first-order valence-electron chi connectivity index (χ1n) is 12.4. The Balaban J connectivity index is 1.29. The summed E-state index contributed by atoms with van der Waals surface area (Å²) in [6.45, 7) is 0.180. The molecule has 1 fully saturated rings. The first kappa shape index (κ1) is 25.4. The van der Waals surface area contributed by atoms with E-state index in [-0.39, 0.29) is 40.7 Å². The Bertz CT molecular complexity index is 1520. The number of halogens is 1. The van der Waals surface area contributed by atoms with Crippen LogP contribution >= 0.6 is 11.6 Å². The molecule has 0 aliphatic carbocycles. The van der Waals surface area contributed by atoms with Crippen LogP contribution in [0.5, 0.6) is 0 Å². The van der Waals surface area contributed by atoms with Crippen molar-refractivity contribution in [1.29, 1.82) is 0 Å². The van der Waals surface area contributed by atoms with E-state index in [0.29, 0.717) is 17.9 Å². The van der Waals surface area contributed by atoms with Crippen LogP contribution in [0.15, 0.2) is 71.3 Å². The van der Waals surface area contributed by atoms with Gasteiger partial charge in [-0.25, -0.2) is 4.98 Å². The molecule has 0 spiro atoms. The molecule has 11 nitrogen and oxygen atoms in total. The van der Waals surface area contributed by atoms with Gasteiger partial charge < -0.3 is 34.9 Å². The molecule has 2 aromatic carbocycles. The molecule has 39 heavy (non-hydrogen) atoms. The van der Waals surface area contributed by atoms with Crippen molar-refractivity contribution in [2.45, 2.75) is 36.9 Å². The zero-order chi connectivity index (χ0) is 26.9. The van der Waals surface area contributed by atoms with Gasteiger partial charge in [-0.3, -0.25) is 0 Å². The van der Waals surface area contributed by atoms with Crippen molar-refractivity contribution in [3.05, 3.63) is 100 Å². The molecule has 0 radical (unpaired) electrons. The molecule has 3 aromatic heterocycles. The second-order valence-electron chi connectivity index (χ2n) is 9.25. The van der Waals surface area contributed by atoms with Gasteiger partial charge in [-0.05, 0) is 22.7 Å². The molecule has 0 unspecified atom stereocenters. The van der Waals surface area contributed by atoms with Gasteiger partial charge in [0.25, 0.3) is 0 Å². The number of aromatic nitrogens is 5. The number of aliphatic hydroxyl groups is 3. The maximum Gasteiger partial charge on any atom is 0.226 e. The second kappa shape index (κ2) is 10.7. The first-order valence-corrected chi connectivity index (χ1v) is 12.7. The van der Waals surface area contributed by atoms with E-state index < -0.39 is 24.4 Å². The van der Waals surface area contributed by atoms with Crippen LogP contribution in [0.25, 0.3) is 11.2 Å². The first-order chi connectivity index (χ1) is 19.0. The lowest BCUT2D eigenvalue weighted by Gasteiger charge is -2.19. The van der Waals surface area contributed by atoms with Crippen LogP contribution in [0.1, 0.15) is 46.5 Å². The summed E-state index contributed by atoms with van der Waals surface area (Å²) in [4.78, 5) is 16.2. The zero-order valence-electron chi connectivity index (χ0n) is 20.5. The highest BCUT2D eigenvalue weighted by atomic mass is 35.5. The Morgan fingerprint density at radius 2 is 1.59 bits per heavy atom. The quantitative estimate of drug-likeness (QED) is 0.182. The van der Waals surface area contributed by atoms with E-state index in [1.807, 2.05) is 36.4 Å². The molecule has 12 heteroatoms. The Labute approximate surface area is 227 Å². The lowest BCUT2D eigenvalue weighted by molar-refractivity contribution is -0.0112. The highest BCUT2D eigenvalue weighted by molar-refractivity contribution is 6.28. The highest BCUT2D eigenvalue weighted by Crippen LogP contribution is 2.41. The average Bonchev–Trinajstić information content (AvgIpc) is 3.68. The van der Waals surface area contributed by atoms with Crippen molar-refractivity contribution in [3.63, 3.8) is 0 Å². The molecule has 0 bridgehead atoms. The molecule has 4 atom stereocenters. The van der Waals surface area contributed by atoms with Crippen molar-refractivity contribution in [2.75, 3.05) is 11.9 Å². The molecule has 5 N–H and O–H groups in total. The Morgan fingerprint density at radius 3 is 2.23 bits per heavy atom. The maximum absolute atomic E-state index is 10.8. The van der Waals surface area contributed by atoms with Crippen LogP contribution in [0.2, 0.25) is 5.28 Å². The van der Waals surface area contributed by atoms with E-state index in [0.717, 1.165) is 11.1 Å². The summed E-state index contributed by atoms with van der Waals surface area (Å²) in [6, 6.07) is 21.8. The summed E-state index contributed by atoms with van der Waals surface area (Å²) >= 11 is 6.24. The number of rotatable bonds is 8. The molecule has 0 amide bonds. The standard InChI is InChI=1S/C27H25ClN6O5/c28-27-32-24(29-12-17(14-7-3-1-4-8-14)15-9-5-2-6-10-15)19-25(33-27)31-26(30-19)23-21(37)20(36)22(38-23)18-11-16(13-35)34-39-18/h1-11,17,20-23,35-37H,12-13H2,(H2,29,30,31,32,33)/t20-,21+,22+,23-/m0/s1. The minimum Gasteiger partial charge on any atom is -0.390 e. The Hall–Kier alpha value is -3.87. The monoisotopic (exact) mass is 548 g/mol. The van der Waals surface area contributed by atoms with Crippen LogP contribution in [-0.4, -0.2) is 59.2 Å². The topological polar surface area (TPSA) is 162 Å². The molecule has 5 aromatic rings. The molecule has 0 saturated carbocycles. The molecule has 1 saturated heterocycles. The van der Waals surface area contributed by atoms with Crippen molar-refractivity contribution >= 4 is 28.6 Å². The maximum atomic E-state index is 10.8. The summed E-state index contributed by atoms with van der Waals surface area (Å²) in [5, 5.41) is 37.7. The van der Waals surface area contributed by atoms with E-state index >= 15 is 0 Å². The van der Waals surface area contributed by atoms with Crippen LogP contribution in [0.3, 0.4) is 0 Å². The van der Waals surface area contributed by atoms with Crippen LogP contribution < -0.4 is 5.32 Å². The number of hydrogen-bond acceptors (Lipinski definition) is 10. The molecule has 1 aliphatic rings. The van der Waals surface area contributed by atoms with E-state index in [1.54, 1.807) is 0 Å². The van der Waals surface area contributed by atoms with E-state index in [1.165, 1.54) is 6.07 Å². The highest BCUT2D eigenvalue weighted by Gasteiger charge is 2.47. The summed E-state index contributed by atoms with van der Waals surface area (Å²) in [5.41, 5.74) is 3.31. The third-order valence-corrected chi connectivity index (χ3v) is 6.94. The fourth-order valence-electron chi connectivity index (χ4n) is 4.82. The number of hydrogen-bond donors (Lipinski definition) is 5. The fourth-order valence-corrected chi connectivity index (χ4v) is 4.99. The molecule has 1 aliphatic heterocycles. The van der Waals surface area contributed by atoms with Crippen LogP contribution in [0.4, 0.5) is 5.82 Å². The second-order valence-corrected chi connectivity index (χ2v) is 9.59. The fraction of sp³-hybridized carbons (Fsp3) is 0.259. The summed E-state index contributed by atoms with van der Waals surface area (Å²) in [7, 11) is 0. The van der Waals surface area contributed by atoms with E-state index in [4.69, 9.17) is 20.9 Å². The number of ether oxygens (including phenoxy) is 1. The molecule has 4 heterocycles. The van der Waals surface area contributed by atoms with Gasteiger partial charge in [0, 0.05) is 18.5 Å². The summed E-state index contributed by atoms with van der Waals surface area (Å²) < 4.78 is 11.1. The zero-order valence-corrected chi connectivity index (χ0v) is 21.2. The van der Waals surface area contributed by atoms with Crippen molar-refractivity contribution in [1.82, 2.24) is 25.1 Å². The van der Waals surface area contributed by atoms with Gasteiger partial charge in [-0.2, -0.15) is 9.97 Å². The molecule has 6 rings (SSSR count). The molecular formula is C27H25ClN6O5. The lowest BCUT2D eigenvalue weighted by atomic mass is 9.91. The minimum atomic E-state index is -1.32. The smallest absolute Gasteiger partial charge is 0.226 e. The average molecular weight is 549 g/mol. The molecule has 200 valence electrons. The summed E-state index contributed by atoms with van der Waals surface area (Å²) in [6.07, 6.45) is -4.66. The third kappa shape index (κ3) is 4.98. The number of H-pyrrole nitrogens is 1. The number of fused-ring (bicyclic) bond motifs is 1. The normalized spacial score (nSPS) is 21.2. The van der Waals surface area contributed by atoms with Gasteiger partial charge in [-0.15, -0.1) is 0 Å². The third-order valence-electron chi connectivity index (χ3n) is 6.77. The predicted molar refractivity (Wildman–Crippen MR) is 141 cm³/mol. The van der Waals surface area contributed by atoms with Crippen molar-refractivity contribution in [2.24, 2.45) is 0 Å². The number of nitrogens with one attached hydrogen (secondary N) is 2. The summed E-state index contributed by atoms with van der Waals surface area (Å²) in [5.74, 6) is 0.888. The van der Waals surface area contributed by atoms with Gasteiger partial charge in [0.1, 0.15) is 41.5 Å². The van der Waals surface area contributed by atoms with Gasteiger partial charge >= 0.3 is 0 Å². The van der Waals surface area contributed by atoms with Crippen molar-refractivity contribution in [3.8, 4) is 0 Å². The minimum absolute atomic E-state index is 0.00279. The van der Waals surface area contributed by atoms with Crippen LogP contribution in [-0.2, 0) is 11.3 Å². The Morgan fingerprint density at radius 1 is 0.923 bits per heavy atom. The lowest BCUT2D eigenvalue weighted by Crippen LogP contribution is -2.27. The van der Waals surface area contributed by atoms with E-state index in [2.05, 4.69) is 54.7 Å². The van der Waals surface area contributed by atoms with Crippen molar-refractivity contribution < 1.29 is 24.6 Å². The van der Waals surface area contributed by atoms with Gasteiger partial charge in [-0.1, -0.05) is 65.8 Å². The predicted octanol–water partition coefficient (Wildman–Crippen LogP) is 3.27. The number of aliphatic hydroxyl groups excluding tert-OH is 3. The number of anilines is 1. The van der Waals surface area contributed by atoms with Gasteiger partial charge in [0.2, 0.25) is 5.28 Å². The number of benzene rings is 2. The van der Waals surface area contributed by atoms with Crippen LogP contribution in [0, 0.1) is 0 Å². The van der Waals surface area contributed by atoms with Gasteiger partial charge in [0.15, 0.2) is 17.2 Å². The molecular weight excluding hydrogens is 524 g/mol.